The van der Waals surface area contributed by atoms with Crippen LogP contribution in [0.1, 0.15) is 6.42 Å². The maximum atomic E-state index is 11.1. The lowest BCUT2D eigenvalue weighted by Gasteiger charge is -2.21. The highest BCUT2D eigenvalue weighted by Gasteiger charge is 2.33. The van der Waals surface area contributed by atoms with Crippen molar-refractivity contribution in [2.75, 3.05) is 29.9 Å². The number of rotatable bonds is 5. The van der Waals surface area contributed by atoms with Crippen molar-refractivity contribution >= 4 is 23.2 Å². The molecule has 7 nitrogen and oxygen atoms in total. The summed E-state index contributed by atoms with van der Waals surface area (Å²) in [7, 11) is 1.94. The van der Waals surface area contributed by atoms with Crippen LogP contribution in [0.15, 0.2) is 42.7 Å². The number of aliphatic hydroxyl groups excluding tert-OH is 1. The number of nitrogens with zero attached hydrogens (tertiary/aromatic N) is 4. The van der Waals surface area contributed by atoms with Gasteiger partial charge >= 0.3 is 0 Å². The number of anilines is 3. The summed E-state index contributed by atoms with van der Waals surface area (Å²) in [6.07, 6.45) is 1.11. The molecular formula is C17H21N5O2. The second-order valence-corrected chi connectivity index (χ2v) is 6.03. The van der Waals surface area contributed by atoms with E-state index in [4.69, 9.17) is 5.73 Å². The zero-order valence-electron chi connectivity index (χ0n) is 13.5. The Hall–Kier alpha value is -2.67. The van der Waals surface area contributed by atoms with Crippen LogP contribution in [0.2, 0.25) is 0 Å². The highest BCUT2D eigenvalue weighted by Crippen LogP contribution is 2.28. The first-order valence-electron chi connectivity index (χ1n) is 7.86. The monoisotopic (exact) mass is 327 g/mol. The molecule has 0 saturated carbocycles. The molecule has 0 unspecified atom stereocenters. The van der Waals surface area contributed by atoms with Crippen molar-refractivity contribution in [3.63, 3.8) is 0 Å². The van der Waals surface area contributed by atoms with E-state index < -0.39 is 12.0 Å². The Morgan fingerprint density at radius 1 is 1.33 bits per heavy atom. The summed E-state index contributed by atoms with van der Waals surface area (Å²) in [6.45, 7) is 0.985. The van der Waals surface area contributed by atoms with Crippen LogP contribution in [0.3, 0.4) is 0 Å². The van der Waals surface area contributed by atoms with Gasteiger partial charge in [0.1, 0.15) is 18.0 Å². The fourth-order valence-electron chi connectivity index (χ4n) is 2.98. The van der Waals surface area contributed by atoms with Crippen LogP contribution in [-0.4, -0.2) is 47.2 Å². The first kappa shape index (κ1) is 16.2. The van der Waals surface area contributed by atoms with Gasteiger partial charge in [-0.05, 0) is 12.1 Å². The second kappa shape index (κ2) is 6.84. The quantitative estimate of drug-likeness (QED) is 0.848. The Morgan fingerprint density at radius 3 is 2.79 bits per heavy atom. The summed E-state index contributed by atoms with van der Waals surface area (Å²) >= 11 is 0. The minimum Gasteiger partial charge on any atom is -0.391 e. The summed E-state index contributed by atoms with van der Waals surface area (Å²) in [5, 5.41) is 10.1. The number of hydrogen-bond acceptors (Lipinski definition) is 6. The summed E-state index contributed by atoms with van der Waals surface area (Å²) in [6, 6.07) is 11.8. The first-order chi connectivity index (χ1) is 11.5. The van der Waals surface area contributed by atoms with E-state index in [2.05, 4.69) is 9.97 Å². The molecule has 2 heterocycles. The van der Waals surface area contributed by atoms with Gasteiger partial charge in [0.2, 0.25) is 5.91 Å². The molecule has 126 valence electrons. The molecule has 0 bridgehead atoms. The molecule has 3 rings (SSSR count). The van der Waals surface area contributed by atoms with Crippen molar-refractivity contribution in [1.82, 2.24) is 9.97 Å². The number of para-hydroxylation sites is 1. The lowest BCUT2D eigenvalue weighted by atomic mass is 10.0. The second-order valence-electron chi connectivity index (χ2n) is 6.03. The van der Waals surface area contributed by atoms with Gasteiger partial charge in [0.15, 0.2) is 0 Å². The van der Waals surface area contributed by atoms with Crippen LogP contribution < -0.4 is 15.5 Å². The zero-order chi connectivity index (χ0) is 17.1. The number of carbonyl (C=O) groups is 1. The molecule has 2 atom stereocenters. The molecule has 1 fully saturated rings. The van der Waals surface area contributed by atoms with E-state index in [0.717, 1.165) is 17.3 Å². The fraction of sp³-hybridized carbons (Fsp3) is 0.353. The third-order valence-corrected chi connectivity index (χ3v) is 4.32. The van der Waals surface area contributed by atoms with Crippen LogP contribution in [0.25, 0.3) is 0 Å². The minimum atomic E-state index is -0.581. The molecule has 0 radical (unpaired) electrons. The predicted octanol–water partition coefficient (Wildman–Crippen LogP) is 0.917. The summed E-state index contributed by atoms with van der Waals surface area (Å²) < 4.78 is 0. The SMILES string of the molecule is CN(c1ccccc1)c1cc(N2C[C@@H](CC(N)=O)[C@H](O)C2)ncn1. The van der Waals surface area contributed by atoms with E-state index in [-0.39, 0.29) is 12.3 Å². The van der Waals surface area contributed by atoms with E-state index in [9.17, 15) is 9.90 Å². The predicted molar refractivity (Wildman–Crippen MR) is 92.1 cm³/mol. The van der Waals surface area contributed by atoms with Crippen molar-refractivity contribution in [1.29, 1.82) is 0 Å². The highest BCUT2D eigenvalue weighted by molar-refractivity contribution is 5.74. The number of β-amino-alcohol motifs (C(OH)–C–C–N with tert-alkyl or cyclic N) is 1. The standard InChI is InChI=1S/C17H21N5O2/c1-21(13-5-3-2-4-6-13)16-8-17(20-11-19-16)22-9-12(7-15(18)24)14(23)10-22/h2-6,8,11-12,14,23H,7,9-10H2,1H3,(H2,18,24)/t12-,14-/m1/s1. The fourth-order valence-corrected chi connectivity index (χ4v) is 2.98. The molecule has 1 saturated heterocycles. The lowest BCUT2D eigenvalue weighted by Crippen LogP contribution is -2.24. The number of carbonyl (C=O) groups excluding carboxylic acids is 1. The van der Waals surface area contributed by atoms with Crippen LogP contribution in [0.5, 0.6) is 0 Å². The third kappa shape index (κ3) is 3.46. The van der Waals surface area contributed by atoms with Crippen LogP contribution in [0, 0.1) is 5.92 Å². The number of nitrogens with two attached hydrogens (primary N) is 1. The largest absolute Gasteiger partial charge is 0.391 e. The molecular weight excluding hydrogens is 306 g/mol. The van der Waals surface area contributed by atoms with Crippen molar-refractivity contribution in [2.24, 2.45) is 11.7 Å². The number of aliphatic hydroxyl groups is 1. The molecule has 3 N–H and O–H groups in total. The minimum absolute atomic E-state index is 0.159. The van der Waals surface area contributed by atoms with Crippen molar-refractivity contribution in [3.05, 3.63) is 42.7 Å². The van der Waals surface area contributed by atoms with Crippen molar-refractivity contribution in [2.45, 2.75) is 12.5 Å². The van der Waals surface area contributed by atoms with E-state index in [1.54, 1.807) is 0 Å². The van der Waals surface area contributed by atoms with E-state index >= 15 is 0 Å². The maximum absolute atomic E-state index is 11.1. The molecule has 1 amide bonds. The van der Waals surface area contributed by atoms with E-state index in [1.165, 1.54) is 6.33 Å². The van der Waals surface area contributed by atoms with Gasteiger partial charge < -0.3 is 20.6 Å². The summed E-state index contributed by atoms with van der Waals surface area (Å²) in [4.78, 5) is 23.7. The lowest BCUT2D eigenvalue weighted by molar-refractivity contribution is -0.119. The number of benzene rings is 1. The summed E-state index contributed by atoms with van der Waals surface area (Å²) in [5.74, 6) is 0.939. The van der Waals surface area contributed by atoms with E-state index in [0.29, 0.717) is 13.1 Å². The summed E-state index contributed by atoms with van der Waals surface area (Å²) in [5.41, 5.74) is 6.27. The van der Waals surface area contributed by atoms with Gasteiger partial charge in [-0.15, -0.1) is 0 Å². The molecule has 24 heavy (non-hydrogen) atoms. The van der Waals surface area contributed by atoms with Gasteiger partial charge in [-0.2, -0.15) is 0 Å². The highest BCUT2D eigenvalue weighted by atomic mass is 16.3. The number of aromatic nitrogens is 2. The molecule has 1 aromatic heterocycles. The van der Waals surface area contributed by atoms with Gasteiger partial charge in [0.05, 0.1) is 6.10 Å². The Balaban J connectivity index is 1.78. The van der Waals surface area contributed by atoms with Crippen LogP contribution >= 0.6 is 0 Å². The first-order valence-corrected chi connectivity index (χ1v) is 7.86. The molecule has 7 heteroatoms. The van der Waals surface area contributed by atoms with Crippen molar-refractivity contribution < 1.29 is 9.90 Å². The van der Waals surface area contributed by atoms with Gasteiger partial charge in [-0.3, -0.25) is 4.79 Å². The molecule has 1 aliphatic rings. The molecule has 1 aliphatic heterocycles. The third-order valence-electron chi connectivity index (χ3n) is 4.32. The van der Waals surface area contributed by atoms with Gasteiger partial charge in [0.25, 0.3) is 0 Å². The Kier molecular flexibility index (Phi) is 4.61. The van der Waals surface area contributed by atoms with Gasteiger partial charge in [-0.25, -0.2) is 9.97 Å². The van der Waals surface area contributed by atoms with E-state index in [1.807, 2.05) is 53.2 Å². The Morgan fingerprint density at radius 2 is 2.08 bits per heavy atom. The Labute approximate surface area is 140 Å². The normalized spacial score (nSPS) is 20.2. The number of hydrogen-bond donors (Lipinski definition) is 2. The smallest absolute Gasteiger partial charge is 0.217 e. The zero-order valence-corrected chi connectivity index (χ0v) is 13.5. The van der Waals surface area contributed by atoms with Gasteiger partial charge in [0, 0.05) is 44.2 Å². The van der Waals surface area contributed by atoms with Crippen molar-refractivity contribution in [3.8, 4) is 0 Å². The molecule has 2 aromatic rings. The average Bonchev–Trinajstić information content (AvgIpc) is 2.95. The molecule has 0 aliphatic carbocycles. The van der Waals surface area contributed by atoms with Crippen LogP contribution in [-0.2, 0) is 4.79 Å². The molecule has 1 aromatic carbocycles. The number of primary amides is 1. The topological polar surface area (TPSA) is 95.6 Å². The van der Waals surface area contributed by atoms with Gasteiger partial charge in [-0.1, -0.05) is 18.2 Å². The Bertz CT molecular complexity index is 709. The number of amides is 1. The van der Waals surface area contributed by atoms with Crippen LogP contribution in [0.4, 0.5) is 17.3 Å². The maximum Gasteiger partial charge on any atom is 0.217 e. The average molecular weight is 327 g/mol. The molecule has 0 spiro atoms.